The quantitative estimate of drug-likeness (QED) is 0.796. The van der Waals surface area contributed by atoms with Gasteiger partial charge < -0.3 is 14.8 Å². The van der Waals surface area contributed by atoms with E-state index in [-0.39, 0.29) is 18.0 Å². The number of ether oxygens (including phenoxy) is 2. The van der Waals surface area contributed by atoms with E-state index in [9.17, 15) is 4.79 Å². The Balaban J connectivity index is 2.34. The Labute approximate surface area is 127 Å². The lowest BCUT2D eigenvalue weighted by Crippen LogP contribution is -2.46. The number of nitrogens with one attached hydrogen (secondary N) is 1. The van der Waals surface area contributed by atoms with Gasteiger partial charge in [0, 0.05) is 12.6 Å². The standard InChI is InChI=1S/C16H26N2O3/c1-12(2)17-16(19)13(3)18(4)10-11-21-15-8-6-14(20-5)7-9-15/h6-9,12-13H,10-11H2,1-5H3,(H,17,19)/t13-/m1/s1. The van der Waals surface area contributed by atoms with Gasteiger partial charge >= 0.3 is 0 Å². The second-order valence-corrected chi connectivity index (χ2v) is 5.34. The van der Waals surface area contributed by atoms with Gasteiger partial charge in [-0.1, -0.05) is 0 Å². The number of hydrogen-bond donors (Lipinski definition) is 1. The van der Waals surface area contributed by atoms with Crippen LogP contribution in [0.2, 0.25) is 0 Å². The summed E-state index contributed by atoms with van der Waals surface area (Å²) in [5.41, 5.74) is 0. The van der Waals surface area contributed by atoms with E-state index in [0.717, 1.165) is 11.5 Å². The van der Waals surface area contributed by atoms with Crippen LogP contribution in [0.1, 0.15) is 20.8 Å². The zero-order chi connectivity index (χ0) is 15.8. The molecule has 0 saturated heterocycles. The molecular formula is C16H26N2O3. The van der Waals surface area contributed by atoms with Crippen LogP contribution in [0.15, 0.2) is 24.3 Å². The summed E-state index contributed by atoms with van der Waals surface area (Å²) in [6.45, 7) is 7.01. The lowest BCUT2D eigenvalue weighted by molar-refractivity contribution is -0.126. The molecule has 0 bridgehead atoms. The van der Waals surface area contributed by atoms with Crippen molar-refractivity contribution in [3.8, 4) is 11.5 Å². The predicted molar refractivity (Wildman–Crippen MR) is 83.9 cm³/mol. The van der Waals surface area contributed by atoms with Gasteiger partial charge in [-0.3, -0.25) is 9.69 Å². The summed E-state index contributed by atoms with van der Waals surface area (Å²) in [7, 11) is 3.55. The summed E-state index contributed by atoms with van der Waals surface area (Å²) in [4.78, 5) is 13.9. The SMILES string of the molecule is COc1ccc(OCCN(C)[C@H](C)C(=O)NC(C)C)cc1. The number of amides is 1. The van der Waals surface area contributed by atoms with Gasteiger partial charge in [0.05, 0.1) is 13.2 Å². The molecule has 0 saturated carbocycles. The Morgan fingerprint density at radius 2 is 1.76 bits per heavy atom. The van der Waals surface area contributed by atoms with Crippen molar-refractivity contribution in [3.63, 3.8) is 0 Å². The number of benzene rings is 1. The number of carbonyl (C=O) groups is 1. The lowest BCUT2D eigenvalue weighted by Gasteiger charge is -2.24. The summed E-state index contributed by atoms with van der Waals surface area (Å²) in [6.07, 6.45) is 0. The maximum absolute atomic E-state index is 11.9. The largest absolute Gasteiger partial charge is 0.497 e. The molecule has 118 valence electrons. The molecule has 0 radical (unpaired) electrons. The Morgan fingerprint density at radius 3 is 2.29 bits per heavy atom. The molecule has 1 rings (SSSR count). The molecule has 0 spiro atoms. The molecule has 5 nitrogen and oxygen atoms in total. The van der Waals surface area contributed by atoms with Crippen molar-refractivity contribution in [2.24, 2.45) is 0 Å². The third kappa shape index (κ3) is 6.04. The van der Waals surface area contributed by atoms with E-state index in [1.165, 1.54) is 0 Å². The highest BCUT2D eigenvalue weighted by Crippen LogP contribution is 2.16. The number of methoxy groups -OCH3 is 1. The third-order valence-corrected chi connectivity index (χ3v) is 3.24. The minimum Gasteiger partial charge on any atom is -0.497 e. The average molecular weight is 294 g/mol. The molecule has 5 heteroatoms. The molecule has 21 heavy (non-hydrogen) atoms. The fourth-order valence-electron chi connectivity index (χ4n) is 1.78. The van der Waals surface area contributed by atoms with Crippen molar-refractivity contribution in [3.05, 3.63) is 24.3 Å². The van der Waals surface area contributed by atoms with Crippen molar-refractivity contribution in [1.82, 2.24) is 10.2 Å². The third-order valence-electron chi connectivity index (χ3n) is 3.24. The minimum atomic E-state index is -0.174. The van der Waals surface area contributed by atoms with E-state index in [0.29, 0.717) is 13.2 Å². The van der Waals surface area contributed by atoms with Crippen molar-refractivity contribution in [1.29, 1.82) is 0 Å². The average Bonchev–Trinajstić information content (AvgIpc) is 2.46. The minimum absolute atomic E-state index is 0.0388. The number of carbonyl (C=O) groups excluding carboxylic acids is 1. The molecule has 1 amide bonds. The fraction of sp³-hybridized carbons (Fsp3) is 0.562. The van der Waals surface area contributed by atoms with Gasteiger partial charge in [0.2, 0.25) is 5.91 Å². The van der Waals surface area contributed by atoms with Crippen LogP contribution in [0.3, 0.4) is 0 Å². The van der Waals surface area contributed by atoms with Crippen LogP contribution in [0.25, 0.3) is 0 Å². The summed E-state index contributed by atoms with van der Waals surface area (Å²) < 4.78 is 10.8. The van der Waals surface area contributed by atoms with E-state index in [1.807, 2.05) is 57.0 Å². The van der Waals surface area contributed by atoms with Gasteiger partial charge in [-0.05, 0) is 52.1 Å². The summed E-state index contributed by atoms with van der Waals surface area (Å²) >= 11 is 0. The van der Waals surface area contributed by atoms with E-state index >= 15 is 0 Å². The zero-order valence-electron chi connectivity index (χ0n) is 13.6. The monoisotopic (exact) mass is 294 g/mol. The smallest absolute Gasteiger partial charge is 0.237 e. The second-order valence-electron chi connectivity index (χ2n) is 5.34. The first kappa shape index (κ1) is 17.3. The number of rotatable bonds is 8. The molecule has 0 fully saturated rings. The number of nitrogens with zero attached hydrogens (tertiary/aromatic N) is 1. The Morgan fingerprint density at radius 1 is 1.19 bits per heavy atom. The van der Waals surface area contributed by atoms with E-state index < -0.39 is 0 Å². The highest BCUT2D eigenvalue weighted by molar-refractivity contribution is 5.81. The van der Waals surface area contributed by atoms with Crippen LogP contribution in [-0.4, -0.2) is 50.2 Å². The second kappa shape index (κ2) is 8.52. The Hall–Kier alpha value is -1.75. The van der Waals surface area contributed by atoms with E-state index in [2.05, 4.69) is 5.32 Å². The van der Waals surface area contributed by atoms with Crippen LogP contribution < -0.4 is 14.8 Å². The first-order valence-electron chi connectivity index (χ1n) is 7.21. The molecule has 1 aromatic rings. The Bertz CT molecular complexity index is 432. The molecule has 1 N–H and O–H groups in total. The van der Waals surface area contributed by atoms with Crippen molar-refractivity contribution in [2.75, 3.05) is 27.3 Å². The molecule has 1 aromatic carbocycles. The predicted octanol–water partition coefficient (Wildman–Crippen LogP) is 1.92. The summed E-state index contributed by atoms with van der Waals surface area (Å²) in [5.74, 6) is 1.64. The fourth-order valence-corrected chi connectivity index (χ4v) is 1.78. The van der Waals surface area contributed by atoms with Crippen LogP contribution in [0, 0.1) is 0 Å². The molecule has 1 atom stereocenters. The summed E-state index contributed by atoms with van der Waals surface area (Å²) in [6, 6.07) is 7.44. The molecule has 0 aliphatic heterocycles. The molecule has 0 heterocycles. The molecule has 0 aliphatic rings. The van der Waals surface area contributed by atoms with Crippen LogP contribution in [0.4, 0.5) is 0 Å². The van der Waals surface area contributed by atoms with Crippen LogP contribution >= 0.6 is 0 Å². The topological polar surface area (TPSA) is 50.8 Å². The zero-order valence-corrected chi connectivity index (χ0v) is 13.6. The number of hydrogen-bond acceptors (Lipinski definition) is 4. The lowest BCUT2D eigenvalue weighted by atomic mass is 10.2. The van der Waals surface area contributed by atoms with Crippen LogP contribution in [0.5, 0.6) is 11.5 Å². The highest BCUT2D eigenvalue weighted by atomic mass is 16.5. The van der Waals surface area contributed by atoms with E-state index in [1.54, 1.807) is 7.11 Å². The van der Waals surface area contributed by atoms with Gasteiger partial charge in [0.1, 0.15) is 18.1 Å². The maximum atomic E-state index is 11.9. The first-order valence-corrected chi connectivity index (χ1v) is 7.21. The van der Waals surface area contributed by atoms with Gasteiger partial charge in [-0.2, -0.15) is 0 Å². The summed E-state index contributed by atoms with van der Waals surface area (Å²) in [5, 5.41) is 2.91. The van der Waals surface area contributed by atoms with Crippen molar-refractivity contribution >= 4 is 5.91 Å². The molecule has 0 aromatic heterocycles. The maximum Gasteiger partial charge on any atom is 0.237 e. The van der Waals surface area contributed by atoms with Gasteiger partial charge in [-0.25, -0.2) is 0 Å². The molecule has 0 unspecified atom stereocenters. The van der Waals surface area contributed by atoms with Gasteiger partial charge in [0.15, 0.2) is 0 Å². The van der Waals surface area contributed by atoms with E-state index in [4.69, 9.17) is 9.47 Å². The molecule has 0 aliphatic carbocycles. The number of likely N-dealkylation sites (N-methyl/N-ethyl adjacent to an activating group) is 1. The van der Waals surface area contributed by atoms with Crippen molar-refractivity contribution in [2.45, 2.75) is 32.9 Å². The van der Waals surface area contributed by atoms with Gasteiger partial charge in [-0.15, -0.1) is 0 Å². The highest BCUT2D eigenvalue weighted by Gasteiger charge is 2.18. The Kier molecular flexibility index (Phi) is 7.02. The van der Waals surface area contributed by atoms with Crippen LogP contribution in [-0.2, 0) is 4.79 Å². The molecular weight excluding hydrogens is 268 g/mol. The first-order chi connectivity index (χ1) is 9.93. The van der Waals surface area contributed by atoms with Gasteiger partial charge in [0.25, 0.3) is 0 Å². The van der Waals surface area contributed by atoms with Crippen molar-refractivity contribution < 1.29 is 14.3 Å². The normalized spacial score (nSPS) is 12.3.